The van der Waals surface area contributed by atoms with Crippen molar-refractivity contribution < 1.29 is 0 Å². The topological polar surface area (TPSA) is 26.0 Å². The van der Waals surface area contributed by atoms with Crippen LogP contribution < -0.4 is 5.73 Å². The van der Waals surface area contributed by atoms with Crippen LogP contribution in [0.3, 0.4) is 0 Å². The molecule has 1 heteroatoms. The third-order valence-electron chi connectivity index (χ3n) is 2.54. The van der Waals surface area contributed by atoms with Crippen LogP contribution in [0.5, 0.6) is 0 Å². The van der Waals surface area contributed by atoms with E-state index in [1.165, 1.54) is 22.3 Å². The minimum absolute atomic E-state index is 0.661. The van der Waals surface area contributed by atoms with Crippen LogP contribution in [0.25, 0.3) is 0 Å². The molecule has 0 aliphatic heterocycles. The second-order valence-electron chi connectivity index (χ2n) is 4.52. The van der Waals surface area contributed by atoms with E-state index in [4.69, 9.17) is 5.73 Å². The standard InChI is InChI=1S/C13H21N/c1-9(2)5-12-7-10(3)6-11(4)13(12)8-14/h6-7,9H,5,8,14H2,1-4H3. The molecule has 0 aromatic heterocycles. The Hall–Kier alpha value is -0.820. The van der Waals surface area contributed by atoms with Crippen molar-refractivity contribution in [2.24, 2.45) is 11.7 Å². The lowest BCUT2D eigenvalue weighted by Crippen LogP contribution is -2.07. The van der Waals surface area contributed by atoms with Gasteiger partial charge < -0.3 is 5.73 Å². The van der Waals surface area contributed by atoms with Gasteiger partial charge in [0.25, 0.3) is 0 Å². The van der Waals surface area contributed by atoms with Gasteiger partial charge in [0.1, 0.15) is 0 Å². The highest BCUT2D eigenvalue weighted by molar-refractivity contribution is 5.38. The first-order valence-electron chi connectivity index (χ1n) is 5.33. The Labute approximate surface area is 87.3 Å². The fourth-order valence-corrected chi connectivity index (χ4v) is 2.00. The SMILES string of the molecule is Cc1cc(C)c(CN)c(CC(C)C)c1. The van der Waals surface area contributed by atoms with E-state index in [9.17, 15) is 0 Å². The van der Waals surface area contributed by atoms with Gasteiger partial charge in [0.2, 0.25) is 0 Å². The van der Waals surface area contributed by atoms with Gasteiger partial charge in [0.05, 0.1) is 0 Å². The highest BCUT2D eigenvalue weighted by Crippen LogP contribution is 2.19. The Kier molecular flexibility index (Phi) is 3.70. The number of rotatable bonds is 3. The monoisotopic (exact) mass is 191 g/mol. The van der Waals surface area contributed by atoms with Crippen molar-refractivity contribution in [2.75, 3.05) is 0 Å². The van der Waals surface area contributed by atoms with Gasteiger partial charge in [-0.25, -0.2) is 0 Å². The van der Waals surface area contributed by atoms with E-state index in [1.54, 1.807) is 0 Å². The Bertz CT molecular complexity index is 313. The summed E-state index contributed by atoms with van der Waals surface area (Å²) in [4.78, 5) is 0. The third-order valence-corrected chi connectivity index (χ3v) is 2.54. The molecule has 1 aromatic rings. The molecule has 0 atom stereocenters. The van der Waals surface area contributed by atoms with Crippen LogP contribution in [0.4, 0.5) is 0 Å². The van der Waals surface area contributed by atoms with Crippen LogP contribution in [-0.2, 0) is 13.0 Å². The van der Waals surface area contributed by atoms with E-state index in [1.807, 2.05) is 0 Å². The summed E-state index contributed by atoms with van der Waals surface area (Å²) in [6, 6.07) is 4.49. The lowest BCUT2D eigenvalue weighted by Gasteiger charge is -2.14. The largest absolute Gasteiger partial charge is 0.326 e. The molecule has 1 nitrogen and oxygen atoms in total. The van der Waals surface area contributed by atoms with Crippen molar-refractivity contribution in [1.82, 2.24) is 0 Å². The summed E-state index contributed by atoms with van der Waals surface area (Å²) in [5, 5.41) is 0. The lowest BCUT2D eigenvalue weighted by molar-refractivity contribution is 0.642. The molecule has 1 rings (SSSR count). The van der Waals surface area contributed by atoms with Crippen LogP contribution in [-0.4, -0.2) is 0 Å². The second kappa shape index (κ2) is 4.61. The first-order chi connectivity index (χ1) is 6.54. The minimum atomic E-state index is 0.661. The molecule has 0 saturated heterocycles. The molecule has 0 heterocycles. The molecular weight excluding hydrogens is 170 g/mol. The number of hydrogen-bond acceptors (Lipinski definition) is 1. The molecule has 0 radical (unpaired) electrons. The Morgan fingerprint density at radius 2 is 1.86 bits per heavy atom. The molecule has 0 unspecified atom stereocenters. The van der Waals surface area contributed by atoms with Gasteiger partial charge in [-0.3, -0.25) is 0 Å². The molecule has 1 aromatic carbocycles. The summed E-state index contributed by atoms with van der Waals surface area (Å²) in [6.45, 7) is 9.46. The van der Waals surface area contributed by atoms with Gasteiger partial charge in [0.15, 0.2) is 0 Å². The van der Waals surface area contributed by atoms with Crippen LogP contribution >= 0.6 is 0 Å². The van der Waals surface area contributed by atoms with E-state index in [2.05, 4.69) is 39.8 Å². The zero-order chi connectivity index (χ0) is 10.7. The fourth-order valence-electron chi connectivity index (χ4n) is 2.00. The van der Waals surface area contributed by atoms with Crippen molar-refractivity contribution in [3.05, 3.63) is 34.4 Å². The zero-order valence-corrected chi connectivity index (χ0v) is 9.72. The van der Waals surface area contributed by atoms with Crippen molar-refractivity contribution in [2.45, 2.75) is 40.7 Å². The average Bonchev–Trinajstić information content (AvgIpc) is 2.01. The maximum Gasteiger partial charge on any atom is 0.0183 e. The number of nitrogens with two attached hydrogens (primary N) is 1. The van der Waals surface area contributed by atoms with Gasteiger partial charge in [-0.05, 0) is 42.9 Å². The van der Waals surface area contributed by atoms with Crippen molar-refractivity contribution in [1.29, 1.82) is 0 Å². The maximum absolute atomic E-state index is 5.78. The summed E-state index contributed by atoms with van der Waals surface area (Å²) in [7, 11) is 0. The molecular formula is C13H21N. The first-order valence-corrected chi connectivity index (χ1v) is 5.33. The normalized spacial score (nSPS) is 11.0. The van der Waals surface area contributed by atoms with Gasteiger partial charge >= 0.3 is 0 Å². The summed E-state index contributed by atoms with van der Waals surface area (Å²) in [6.07, 6.45) is 1.13. The molecule has 14 heavy (non-hydrogen) atoms. The molecule has 0 aliphatic carbocycles. The predicted octanol–water partition coefficient (Wildman–Crippen LogP) is 2.96. The maximum atomic E-state index is 5.78. The van der Waals surface area contributed by atoms with E-state index >= 15 is 0 Å². The van der Waals surface area contributed by atoms with E-state index in [0.717, 1.165) is 6.42 Å². The molecule has 2 N–H and O–H groups in total. The van der Waals surface area contributed by atoms with Gasteiger partial charge in [0, 0.05) is 6.54 Å². The van der Waals surface area contributed by atoms with E-state index < -0.39 is 0 Å². The Morgan fingerprint density at radius 1 is 1.21 bits per heavy atom. The summed E-state index contributed by atoms with van der Waals surface area (Å²) >= 11 is 0. The molecule has 0 spiro atoms. The van der Waals surface area contributed by atoms with Crippen molar-refractivity contribution in [3.63, 3.8) is 0 Å². The number of aryl methyl sites for hydroxylation is 2. The van der Waals surface area contributed by atoms with Crippen LogP contribution in [0.1, 0.15) is 36.1 Å². The Balaban J connectivity index is 3.11. The van der Waals surface area contributed by atoms with E-state index in [-0.39, 0.29) is 0 Å². The summed E-state index contributed by atoms with van der Waals surface area (Å²) < 4.78 is 0. The number of benzene rings is 1. The summed E-state index contributed by atoms with van der Waals surface area (Å²) in [5.41, 5.74) is 11.2. The Morgan fingerprint density at radius 3 is 2.36 bits per heavy atom. The van der Waals surface area contributed by atoms with Gasteiger partial charge in [-0.15, -0.1) is 0 Å². The fraction of sp³-hybridized carbons (Fsp3) is 0.538. The molecule has 78 valence electrons. The van der Waals surface area contributed by atoms with Crippen LogP contribution in [0, 0.1) is 19.8 Å². The van der Waals surface area contributed by atoms with Crippen molar-refractivity contribution in [3.8, 4) is 0 Å². The first kappa shape index (κ1) is 11.3. The summed E-state index contributed by atoms with van der Waals surface area (Å²) in [5.74, 6) is 0.696. The quantitative estimate of drug-likeness (QED) is 0.781. The predicted molar refractivity (Wildman–Crippen MR) is 62.3 cm³/mol. The van der Waals surface area contributed by atoms with Gasteiger partial charge in [-0.1, -0.05) is 31.5 Å². The van der Waals surface area contributed by atoms with Crippen LogP contribution in [0.2, 0.25) is 0 Å². The zero-order valence-electron chi connectivity index (χ0n) is 9.72. The highest BCUT2D eigenvalue weighted by Gasteiger charge is 2.06. The van der Waals surface area contributed by atoms with E-state index in [0.29, 0.717) is 12.5 Å². The molecule has 0 bridgehead atoms. The van der Waals surface area contributed by atoms with Crippen molar-refractivity contribution >= 4 is 0 Å². The van der Waals surface area contributed by atoms with Gasteiger partial charge in [-0.2, -0.15) is 0 Å². The lowest BCUT2D eigenvalue weighted by atomic mass is 9.93. The molecule has 0 saturated carbocycles. The number of hydrogen-bond donors (Lipinski definition) is 1. The average molecular weight is 191 g/mol. The molecule has 0 amide bonds. The highest BCUT2D eigenvalue weighted by atomic mass is 14.5. The second-order valence-corrected chi connectivity index (χ2v) is 4.52. The molecule has 0 aliphatic rings. The van der Waals surface area contributed by atoms with Crippen LogP contribution in [0.15, 0.2) is 12.1 Å². The molecule has 0 fully saturated rings. The minimum Gasteiger partial charge on any atom is -0.326 e. The third kappa shape index (κ3) is 2.58. The smallest absolute Gasteiger partial charge is 0.0183 e.